The van der Waals surface area contributed by atoms with Gasteiger partial charge in [0, 0.05) is 0 Å². The molecule has 12 heavy (non-hydrogen) atoms. The molecule has 2 atom stereocenters. The highest BCUT2D eigenvalue weighted by Crippen LogP contribution is 2.38. The van der Waals surface area contributed by atoms with Crippen LogP contribution < -0.4 is 0 Å². The Labute approximate surface area is 71.4 Å². The third-order valence-electron chi connectivity index (χ3n) is 2.28. The van der Waals surface area contributed by atoms with Crippen molar-refractivity contribution in [1.29, 1.82) is 0 Å². The van der Waals surface area contributed by atoms with Gasteiger partial charge in [-0.25, -0.2) is 0 Å². The first-order valence-electron chi connectivity index (χ1n) is 4.08. The molecular weight excluding hydrogens is 156 g/mol. The van der Waals surface area contributed by atoms with Crippen molar-refractivity contribution in [3.8, 4) is 0 Å². The molecular formula is C9H12O3. The van der Waals surface area contributed by atoms with Crippen LogP contribution in [0.15, 0.2) is 12.2 Å². The third kappa shape index (κ3) is 2.49. The minimum Gasteiger partial charge on any atom is -0.398 e. The highest BCUT2D eigenvalue weighted by Gasteiger charge is 2.25. The first-order chi connectivity index (χ1) is 5.86. The van der Waals surface area contributed by atoms with E-state index in [9.17, 15) is 0 Å². The van der Waals surface area contributed by atoms with Crippen LogP contribution in [0.3, 0.4) is 0 Å². The molecule has 2 rings (SSSR count). The molecule has 0 radical (unpaired) electrons. The summed E-state index contributed by atoms with van der Waals surface area (Å²) in [4.78, 5) is 17.9. The van der Waals surface area contributed by atoms with Crippen LogP contribution in [0.4, 0.5) is 0 Å². The maximum atomic E-state index is 8.95. The number of hydrogen-bond acceptors (Lipinski definition) is 3. The molecule has 0 aromatic carbocycles. The molecule has 66 valence electrons. The second kappa shape index (κ2) is 4.70. The van der Waals surface area contributed by atoms with Crippen molar-refractivity contribution in [2.45, 2.75) is 19.3 Å². The molecule has 2 aliphatic carbocycles. The van der Waals surface area contributed by atoms with E-state index < -0.39 is 0 Å². The van der Waals surface area contributed by atoms with Gasteiger partial charge in [-0.2, -0.15) is 0 Å². The third-order valence-corrected chi connectivity index (χ3v) is 2.28. The van der Waals surface area contributed by atoms with Crippen LogP contribution in [-0.4, -0.2) is 12.9 Å². The fourth-order valence-electron chi connectivity index (χ4n) is 1.74. The number of rotatable bonds is 2. The van der Waals surface area contributed by atoms with Gasteiger partial charge in [0.1, 0.15) is 0 Å². The van der Waals surface area contributed by atoms with Gasteiger partial charge < -0.3 is 4.74 Å². The molecule has 0 amide bonds. The van der Waals surface area contributed by atoms with Crippen LogP contribution >= 0.6 is 0 Å². The molecule has 3 heteroatoms. The fraction of sp³-hybridized carbons (Fsp3) is 0.556. The summed E-state index contributed by atoms with van der Waals surface area (Å²) in [5, 5.41) is 0. The minimum atomic E-state index is 0.0625. The van der Waals surface area contributed by atoms with Gasteiger partial charge in [-0.1, -0.05) is 12.2 Å². The Bertz CT molecular complexity index is 168. The zero-order chi connectivity index (χ0) is 8.81. The molecule has 0 aliphatic heterocycles. The zero-order valence-electron chi connectivity index (χ0n) is 6.81. The molecule has 0 aromatic heterocycles. The lowest BCUT2D eigenvalue weighted by Crippen LogP contribution is -1.82. The van der Waals surface area contributed by atoms with Crippen molar-refractivity contribution in [2.24, 2.45) is 11.8 Å². The van der Waals surface area contributed by atoms with E-state index in [-0.39, 0.29) is 12.9 Å². The van der Waals surface area contributed by atoms with Crippen LogP contribution in [0.5, 0.6) is 0 Å². The molecule has 1 saturated carbocycles. The molecule has 0 aromatic rings. The van der Waals surface area contributed by atoms with Crippen LogP contribution in [0.25, 0.3) is 0 Å². The first kappa shape index (κ1) is 8.97. The van der Waals surface area contributed by atoms with E-state index in [0.29, 0.717) is 0 Å². The summed E-state index contributed by atoms with van der Waals surface area (Å²) >= 11 is 0. The average molecular weight is 168 g/mol. The molecule has 1 unspecified atom stereocenters. The topological polar surface area (TPSA) is 43.4 Å². The van der Waals surface area contributed by atoms with Crippen molar-refractivity contribution in [3.05, 3.63) is 12.2 Å². The van der Waals surface area contributed by atoms with Crippen molar-refractivity contribution >= 4 is 12.9 Å². The van der Waals surface area contributed by atoms with E-state index in [2.05, 4.69) is 16.9 Å². The first-order valence-corrected chi connectivity index (χ1v) is 4.08. The Morgan fingerprint density at radius 3 is 1.67 bits per heavy atom. The van der Waals surface area contributed by atoms with Crippen LogP contribution in [0.2, 0.25) is 0 Å². The molecule has 1 fully saturated rings. The standard InChI is InChI=1S/C7H10.C2H2O3/c1-2-7-4-3-6(1)5-7;3-1-5-2-4/h1-2,6-7H,3-5H2;1-2H/t6-,7?;/m0./s1. The maximum Gasteiger partial charge on any atom is 0.300 e. The summed E-state index contributed by atoms with van der Waals surface area (Å²) in [6.07, 6.45) is 9.19. The highest BCUT2D eigenvalue weighted by atomic mass is 16.6. The molecule has 0 heterocycles. The number of allylic oxidation sites excluding steroid dienone is 2. The summed E-state index contributed by atoms with van der Waals surface area (Å²) in [6.45, 7) is 0.125. The number of fused-ring (bicyclic) bond motifs is 2. The Balaban J connectivity index is 0.000000130. The fourth-order valence-corrected chi connectivity index (χ4v) is 1.74. The van der Waals surface area contributed by atoms with E-state index in [1.165, 1.54) is 19.3 Å². The average Bonchev–Trinajstić information content (AvgIpc) is 2.69. The molecule has 0 saturated heterocycles. The summed E-state index contributed by atoms with van der Waals surface area (Å²) in [7, 11) is 0. The molecule has 0 spiro atoms. The quantitative estimate of drug-likeness (QED) is 0.354. The van der Waals surface area contributed by atoms with Gasteiger partial charge in [-0.15, -0.1) is 0 Å². The number of carbonyl (C=O) groups excluding carboxylic acids is 2. The minimum absolute atomic E-state index is 0.0625. The number of hydrogen-bond donors (Lipinski definition) is 0. The van der Waals surface area contributed by atoms with Crippen molar-refractivity contribution in [1.82, 2.24) is 0 Å². The summed E-state index contributed by atoms with van der Waals surface area (Å²) in [5.74, 6) is 1.98. The molecule has 0 N–H and O–H groups in total. The SMILES string of the molecule is C1=C[C@H]2CCC1C2.O=COC=O. The van der Waals surface area contributed by atoms with E-state index >= 15 is 0 Å². The van der Waals surface area contributed by atoms with Gasteiger partial charge in [0.15, 0.2) is 0 Å². The predicted molar refractivity (Wildman–Crippen MR) is 43.2 cm³/mol. The monoisotopic (exact) mass is 168 g/mol. The van der Waals surface area contributed by atoms with E-state index in [1.807, 2.05) is 0 Å². The van der Waals surface area contributed by atoms with Gasteiger partial charge in [0.2, 0.25) is 0 Å². The van der Waals surface area contributed by atoms with E-state index in [4.69, 9.17) is 9.59 Å². The van der Waals surface area contributed by atoms with Crippen LogP contribution in [0, 0.1) is 11.8 Å². The number of ether oxygens (including phenoxy) is 1. The summed E-state index contributed by atoms with van der Waals surface area (Å²) < 4.78 is 3.47. The Morgan fingerprint density at radius 2 is 1.58 bits per heavy atom. The van der Waals surface area contributed by atoms with E-state index in [0.717, 1.165) is 11.8 Å². The highest BCUT2D eigenvalue weighted by molar-refractivity contribution is 5.55. The Hall–Kier alpha value is -1.12. The lowest BCUT2D eigenvalue weighted by atomic mass is 10.1. The second-order valence-corrected chi connectivity index (χ2v) is 3.05. The van der Waals surface area contributed by atoms with Gasteiger partial charge in [-0.05, 0) is 31.1 Å². The summed E-state index contributed by atoms with van der Waals surface area (Å²) in [5.41, 5.74) is 0. The Kier molecular flexibility index (Phi) is 3.51. The lowest BCUT2D eigenvalue weighted by molar-refractivity contribution is -0.141. The van der Waals surface area contributed by atoms with Crippen molar-refractivity contribution in [2.75, 3.05) is 0 Å². The normalized spacial score (nSPS) is 29.0. The Morgan fingerprint density at radius 1 is 1.08 bits per heavy atom. The molecule has 3 nitrogen and oxygen atoms in total. The van der Waals surface area contributed by atoms with Gasteiger partial charge >= 0.3 is 12.9 Å². The molecule has 2 aliphatic rings. The second-order valence-electron chi connectivity index (χ2n) is 3.05. The van der Waals surface area contributed by atoms with Crippen molar-refractivity contribution < 1.29 is 14.3 Å². The van der Waals surface area contributed by atoms with Gasteiger partial charge in [-0.3, -0.25) is 9.59 Å². The van der Waals surface area contributed by atoms with Gasteiger partial charge in [0.25, 0.3) is 0 Å². The smallest absolute Gasteiger partial charge is 0.300 e. The van der Waals surface area contributed by atoms with Crippen LogP contribution in [0.1, 0.15) is 19.3 Å². The lowest BCUT2D eigenvalue weighted by Gasteiger charge is -1.96. The number of carbonyl (C=O) groups is 2. The van der Waals surface area contributed by atoms with E-state index in [1.54, 1.807) is 0 Å². The maximum absolute atomic E-state index is 8.95. The van der Waals surface area contributed by atoms with Crippen LogP contribution in [-0.2, 0) is 14.3 Å². The summed E-state index contributed by atoms with van der Waals surface area (Å²) in [6, 6.07) is 0. The predicted octanol–water partition coefficient (Wildman–Crippen LogP) is 1.29. The zero-order valence-corrected chi connectivity index (χ0v) is 6.81. The van der Waals surface area contributed by atoms with Gasteiger partial charge in [0.05, 0.1) is 0 Å². The largest absolute Gasteiger partial charge is 0.398 e. The van der Waals surface area contributed by atoms with Crippen molar-refractivity contribution in [3.63, 3.8) is 0 Å². The molecule has 2 bridgehead atoms.